The maximum absolute atomic E-state index is 12.9. The van der Waals surface area contributed by atoms with Gasteiger partial charge in [-0.2, -0.15) is 0 Å². The zero-order chi connectivity index (χ0) is 11.5. The molecule has 2 nitrogen and oxygen atoms in total. The molecule has 1 saturated carbocycles. The molecule has 0 radical (unpaired) electrons. The smallest absolute Gasteiger partial charge is 0.251 e. The molecular formula is C12H13F2NO. The fourth-order valence-corrected chi connectivity index (χ4v) is 2.02. The zero-order valence-electron chi connectivity index (χ0n) is 8.80. The number of amides is 1. The Morgan fingerprint density at radius 3 is 2.25 bits per heavy atom. The van der Waals surface area contributed by atoms with Gasteiger partial charge in [-0.05, 0) is 25.0 Å². The Morgan fingerprint density at radius 1 is 1.12 bits per heavy atom. The molecule has 0 spiro atoms. The molecule has 0 unspecified atom stereocenters. The molecular weight excluding hydrogens is 212 g/mol. The predicted molar refractivity (Wildman–Crippen MR) is 56.1 cm³/mol. The summed E-state index contributed by atoms with van der Waals surface area (Å²) in [6.45, 7) is 0. The molecule has 0 saturated heterocycles. The van der Waals surface area contributed by atoms with Gasteiger partial charge in [-0.15, -0.1) is 0 Å². The fraction of sp³-hybridized carbons (Fsp3) is 0.417. The lowest BCUT2D eigenvalue weighted by Crippen LogP contribution is -2.32. The molecule has 0 atom stereocenters. The van der Waals surface area contributed by atoms with Crippen LogP contribution in [0.5, 0.6) is 0 Å². The third-order valence-electron chi connectivity index (χ3n) is 2.82. The summed E-state index contributed by atoms with van der Waals surface area (Å²) in [5, 5.41) is 2.78. The Kier molecular flexibility index (Phi) is 3.17. The molecule has 1 fully saturated rings. The molecule has 1 aromatic carbocycles. The van der Waals surface area contributed by atoms with Crippen molar-refractivity contribution < 1.29 is 13.6 Å². The van der Waals surface area contributed by atoms with Gasteiger partial charge in [-0.1, -0.05) is 12.8 Å². The predicted octanol–water partition coefficient (Wildman–Crippen LogP) is 2.64. The number of hydrogen-bond acceptors (Lipinski definition) is 1. The van der Waals surface area contributed by atoms with Crippen molar-refractivity contribution in [3.63, 3.8) is 0 Å². The van der Waals surface area contributed by atoms with Crippen LogP contribution in [0, 0.1) is 11.6 Å². The van der Waals surface area contributed by atoms with Crippen molar-refractivity contribution in [1.29, 1.82) is 0 Å². The number of halogens is 2. The van der Waals surface area contributed by atoms with Gasteiger partial charge in [0.2, 0.25) is 0 Å². The summed E-state index contributed by atoms with van der Waals surface area (Å²) in [6.07, 6.45) is 4.10. The van der Waals surface area contributed by atoms with Crippen LogP contribution in [0.4, 0.5) is 8.78 Å². The lowest BCUT2D eigenvalue weighted by molar-refractivity contribution is 0.0937. The van der Waals surface area contributed by atoms with Crippen molar-refractivity contribution in [3.05, 3.63) is 35.4 Å². The van der Waals surface area contributed by atoms with Crippen molar-refractivity contribution in [2.75, 3.05) is 0 Å². The maximum Gasteiger partial charge on any atom is 0.251 e. The molecule has 4 heteroatoms. The summed E-state index contributed by atoms with van der Waals surface area (Å²) in [7, 11) is 0. The second kappa shape index (κ2) is 4.60. The van der Waals surface area contributed by atoms with Crippen LogP contribution in [0.25, 0.3) is 0 Å². The van der Waals surface area contributed by atoms with Crippen molar-refractivity contribution in [2.45, 2.75) is 31.7 Å². The lowest BCUT2D eigenvalue weighted by atomic mass is 10.1. The molecule has 1 N–H and O–H groups in total. The number of rotatable bonds is 2. The van der Waals surface area contributed by atoms with Gasteiger partial charge in [-0.3, -0.25) is 4.79 Å². The summed E-state index contributed by atoms with van der Waals surface area (Å²) in [6, 6.07) is 3.01. The molecule has 86 valence electrons. The van der Waals surface area contributed by atoms with Crippen molar-refractivity contribution in [2.24, 2.45) is 0 Å². The highest BCUT2D eigenvalue weighted by molar-refractivity contribution is 5.94. The normalized spacial score (nSPS) is 16.4. The molecule has 0 bridgehead atoms. The topological polar surface area (TPSA) is 29.1 Å². The first-order chi connectivity index (χ1) is 7.65. The van der Waals surface area contributed by atoms with E-state index < -0.39 is 17.5 Å². The van der Waals surface area contributed by atoms with Crippen LogP contribution in [0.1, 0.15) is 36.0 Å². The summed E-state index contributed by atoms with van der Waals surface area (Å²) in [5.74, 6) is -1.85. The second-order valence-corrected chi connectivity index (χ2v) is 4.11. The van der Waals surface area contributed by atoms with E-state index in [1.54, 1.807) is 0 Å². The lowest BCUT2D eigenvalue weighted by Gasteiger charge is -2.11. The first kappa shape index (κ1) is 11.0. The molecule has 16 heavy (non-hydrogen) atoms. The van der Waals surface area contributed by atoms with Crippen molar-refractivity contribution in [1.82, 2.24) is 5.32 Å². The standard InChI is InChI=1S/C12H13F2NO/c13-9-5-8(6-10(14)7-9)12(16)15-11-3-1-2-4-11/h5-7,11H,1-4H2,(H,15,16). The fourth-order valence-electron chi connectivity index (χ4n) is 2.02. The molecule has 2 rings (SSSR count). The van der Waals surface area contributed by atoms with E-state index in [2.05, 4.69) is 5.32 Å². The molecule has 0 aromatic heterocycles. The second-order valence-electron chi connectivity index (χ2n) is 4.11. The third kappa shape index (κ3) is 2.56. The van der Waals surface area contributed by atoms with Crippen LogP contribution in [0.3, 0.4) is 0 Å². The average Bonchev–Trinajstić information content (AvgIpc) is 2.68. The minimum Gasteiger partial charge on any atom is -0.349 e. The van der Waals surface area contributed by atoms with E-state index >= 15 is 0 Å². The van der Waals surface area contributed by atoms with Crippen LogP contribution < -0.4 is 5.32 Å². The molecule has 1 aliphatic carbocycles. The van der Waals surface area contributed by atoms with E-state index in [4.69, 9.17) is 0 Å². The minimum atomic E-state index is -0.725. The highest BCUT2D eigenvalue weighted by Crippen LogP contribution is 2.18. The number of benzene rings is 1. The molecule has 0 aliphatic heterocycles. The molecule has 1 aromatic rings. The van der Waals surface area contributed by atoms with Gasteiger partial charge in [0.15, 0.2) is 0 Å². The van der Waals surface area contributed by atoms with Crippen LogP contribution in [0.2, 0.25) is 0 Å². The van der Waals surface area contributed by atoms with E-state index in [9.17, 15) is 13.6 Å². The van der Waals surface area contributed by atoms with E-state index in [1.165, 1.54) is 0 Å². The first-order valence-corrected chi connectivity index (χ1v) is 5.42. The SMILES string of the molecule is O=C(NC1CCCC1)c1cc(F)cc(F)c1. The van der Waals surface area contributed by atoms with Gasteiger partial charge in [0.1, 0.15) is 11.6 Å². The van der Waals surface area contributed by atoms with E-state index in [-0.39, 0.29) is 11.6 Å². The maximum atomic E-state index is 12.9. The Morgan fingerprint density at radius 2 is 1.69 bits per heavy atom. The van der Waals surface area contributed by atoms with Gasteiger partial charge in [-0.25, -0.2) is 8.78 Å². The Hall–Kier alpha value is -1.45. The Bertz CT molecular complexity index is 380. The average molecular weight is 225 g/mol. The van der Waals surface area contributed by atoms with Crippen LogP contribution in [-0.2, 0) is 0 Å². The zero-order valence-corrected chi connectivity index (χ0v) is 8.80. The van der Waals surface area contributed by atoms with Gasteiger partial charge < -0.3 is 5.32 Å². The number of hydrogen-bond donors (Lipinski definition) is 1. The molecule has 0 heterocycles. The van der Waals surface area contributed by atoms with E-state index in [1.807, 2.05) is 0 Å². The Labute approximate surface area is 92.7 Å². The number of carbonyl (C=O) groups excluding carboxylic acids is 1. The van der Waals surface area contributed by atoms with E-state index in [0.717, 1.165) is 43.9 Å². The van der Waals surface area contributed by atoms with Gasteiger partial charge >= 0.3 is 0 Å². The highest BCUT2D eigenvalue weighted by atomic mass is 19.1. The van der Waals surface area contributed by atoms with Crippen LogP contribution in [-0.4, -0.2) is 11.9 Å². The van der Waals surface area contributed by atoms with Crippen LogP contribution >= 0.6 is 0 Å². The van der Waals surface area contributed by atoms with Gasteiger partial charge in [0, 0.05) is 17.7 Å². The van der Waals surface area contributed by atoms with E-state index in [0.29, 0.717) is 0 Å². The molecule has 1 amide bonds. The van der Waals surface area contributed by atoms with Crippen molar-refractivity contribution in [3.8, 4) is 0 Å². The summed E-state index contributed by atoms with van der Waals surface area (Å²) >= 11 is 0. The van der Waals surface area contributed by atoms with Crippen LogP contribution in [0.15, 0.2) is 18.2 Å². The quantitative estimate of drug-likeness (QED) is 0.823. The summed E-state index contributed by atoms with van der Waals surface area (Å²) < 4.78 is 25.8. The van der Waals surface area contributed by atoms with Gasteiger partial charge in [0.25, 0.3) is 5.91 Å². The summed E-state index contributed by atoms with van der Waals surface area (Å²) in [5.41, 5.74) is 0.0457. The highest BCUT2D eigenvalue weighted by Gasteiger charge is 2.18. The molecule has 1 aliphatic rings. The third-order valence-corrected chi connectivity index (χ3v) is 2.82. The van der Waals surface area contributed by atoms with Crippen molar-refractivity contribution >= 4 is 5.91 Å². The monoisotopic (exact) mass is 225 g/mol. The Balaban J connectivity index is 2.07. The first-order valence-electron chi connectivity index (χ1n) is 5.42. The largest absolute Gasteiger partial charge is 0.349 e. The van der Waals surface area contributed by atoms with Gasteiger partial charge in [0.05, 0.1) is 0 Å². The minimum absolute atomic E-state index is 0.0457. The number of nitrogens with one attached hydrogen (secondary N) is 1. The number of carbonyl (C=O) groups is 1. The summed E-state index contributed by atoms with van der Waals surface area (Å²) in [4.78, 5) is 11.7.